The molecule has 0 unspecified atom stereocenters. The van der Waals surface area contributed by atoms with Gasteiger partial charge in [0, 0.05) is 6.42 Å². The Bertz CT molecular complexity index is 919. The molecular weight excluding hydrogens is 404 g/mol. The van der Waals surface area contributed by atoms with Gasteiger partial charge in [0.15, 0.2) is 0 Å². The molecule has 1 aliphatic rings. The molecule has 32 heavy (non-hydrogen) atoms. The molecule has 5 atom stereocenters. The van der Waals surface area contributed by atoms with Gasteiger partial charge in [0.1, 0.15) is 18.3 Å². The Morgan fingerprint density at radius 2 is 0.938 bits per heavy atom. The molecule has 5 heteroatoms. The molecule has 2 N–H and O–H groups in total. The van der Waals surface area contributed by atoms with E-state index in [1.165, 1.54) is 0 Å². The van der Waals surface area contributed by atoms with Gasteiger partial charge in [-0.05, 0) is 16.7 Å². The lowest BCUT2D eigenvalue weighted by atomic mass is 9.86. The summed E-state index contributed by atoms with van der Waals surface area (Å²) in [6.07, 6.45) is -3.38. The fourth-order valence-corrected chi connectivity index (χ4v) is 3.99. The Kier molecular flexibility index (Phi) is 8.04. The van der Waals surface area contributed by atoms with Crippen LogP contribution in [0, 0.1) is 0 Å². The summed E-state index contributed by atoms with van der Waals surface area (Å²) in [7, 11) is 0. The number of rotatable bonds is 9. The summed E-state index contributed by atoms with van der Waals surface area (Å²) >= 11 is 0. The second-order valence-corrected chi connectivity index (χ2v) is 8.15. The lowest BCUT2D eigenvalue weighted by Crippen LogP contribution is -2.58. The average Bonchev–Trinajstić information content (AvgIpc) is 2.85. The molecule has 0 radical (unpaired) electrons. The maximum Gasteiger partial charge on any atom is 0.113 e. The fraction of sp³-hybridized carbons (Fsp3) is 0.333. The third-order valence-electron chi connectivity index (χ3n) is 5.80. The molecule has 0 saturated heterocycles. The molecule has 0 aromatic heterocycles. The zero-order chi connectivity index (χ0) is 22.2. The van der Waals surface area contributed by atoms with Crippen molar-refractivity contribution in [2.24, 2.45) is 0 Å². The Labute approximate surface area is 189 Å². The van der Waals surface area contributed by atoms with Crippen LogP contribution in [-0.4, -0.2) is 40.7 Å². The van der Waals surface area contributed by atoms with Crippen molar-refractivity contribution in [3.05, 3.63) is 108 Å². The van der Waals surface area contributed by atoms with Crippen LogP contribution in [0.3, 0.4) is 0 Å². The standard InChI is InChI=1S/C27H30O5/c28-25-23(30-17-20-10-4-1-5-11-20)16-24(31-18-21-12-6-2-7-13-21)27(26(25)29)32-19-22-14-8-3-9-15-22/h1-15,23-29H,16-19H2/t23-,24+,25+,26+,27+/m1/s1. The lowest BCUT2D eigenvalue weighted by molar-refractivity contribution is -0.221. The number of benzene rings is 3. The first-order valence-corrected chi connectivity index (χ1v) is 11.0. The lowest BCUT2D eigenvalue weighted by Gasteiger charge is -2.42. The van der Waals surface area contributed by atoms with Crippen molar-refractivity contribution >= 4 is 0 Å². The van der Waals surface area contributed by atoms with Crippen LogP contribution >= 0.6 is 0 Å². The van der Waals surface area contributed by atoms with Crippen LogP contribution < -0.4 is 0 Å². The van der Waals surface area contributed by atoms with E-state index in [1.807, 2.05) is 91.0 Å². The number of hydrogen-bond acceptors (Lipinski definition) is 5. The zero-order valence-electron chi connectivity index (χ0n) is 18.0. The molecule has 4 rings (SSSR count). The van der Waals surface area contributed by atoms with Gasteiger partial charge < -0.3 is 24.4 Å². The first-order chi connectivity index (χ1) is 15.7. The van der Waals surface area contributed by atoms with E-state index in [2.05, 4.69) is 0 Å². The molecule has 0 heterocycles. The Morgan fingerprint density at radius 1 is 0.531 bits per heavy atom. The molecular formula is C27H30O5. The first-order valence-electron chi connectivity index (χ1n) is 11.0. The van der Waals surface area contributed by atoms with E-state index in [-0.39, 0.29) is 0 Å². The summed E-state index contributed by atoms with van der Waals surface area (Å²) in [6.45, 7) is 1.08. The van der Waals surface area contributed by atoms with Crippen LogP contribution in [0.15, 0.2) is 91.0 Å². The first kappa shape index (κ1) is 22.6. The molecule has 0 amide bonds. The van der Waals surface area contributed by atoms with Crippen LogP contribution in [-0.2, 0) is 34.0 Å². The van der Waals surface area contributed by atoms with Crippen molar-refractivity contribution in [2.45, 2.75) is 56.8 Å². The van der Waals surface area contributed by atoms with E-state index < -0.39 is 30.5 Å². The normalized spacial score (nSPS) is 25.5. The van der Waals surface area contributed by atoms with Gasteiger partial charge in [0.2, 0.25) is 0 Å². The molecule has 0 spiro atoms. The third-order valence-corrected chi connectivity index (χ3v) is 5.80. The minimum atomic E-state index is -1.12. The predicted molar refractivity (Wildman–Crippen MR) is 122 cm³/mol. The maximum atomic E-state index is 10.9. The van der Waals surface area contributed by atoms with E-state index >= 15 is 0 Å². The van der Waals surface area contributed by atoms with Crippen LogP contribution in [0.5, 0.6) is 0 Å². The highest BCUT2D eigenvalue weighted by atomic mass is 16.6. The second-order valence-electron chi connectivity index (χ2n) is 8.15. The molecule has 5 nitrogen and oxygen atoms in total. The third kappa shape index (κ3) is 6.03. The average molecular weight is 435 g/mol. The van der Waals surface area contributed by atoms with Crippen molar-refractivity contribution in [3.8, 4) is 0 Å². The van der Waals surface area contributed by atoms with Gasteiger partial charge in [-0.1, -0.05) is 91.0 Å². The van der Waals surface area contributed by atoms with Gasteiger partial charge in [-0.3, -0.25) is 0 Å². The Hall–Kier alpha value is -2.54. The highest BCUT2D eigenvalue weighted by Gasteiger charge is 2.45. The van der Waals surface area contributed by atoms with Gasteiger partial charge in [0.25, 0.3) is 0 Å². The monoisotopic (exact) mass is 434 g/mol. The molecule has 1 saturated carbocycles. The van der Waals surface area contributed by atoms with Crippen LogP contribution in [0.2, 0.25) is 0 Å². The topological polar surface area (TPSA) is 68.2 Å². The van der Waals surface area contributed by atoms with Crippen molar-refractivity contribution in [3.63, 3.8) is 0 Å². The Balaban J connectivity index is 1.44. The minimum Gasteiger partial charge on any atom is -0.388 e. The van der Waals surface area contributed by atoms with Crippen molar-refractivity contribution < 1.29 is 24.4 Å². The van der Waals surface area contributed by atoms with Gasteiger partial charge >= 0.3 is 0 Å². The fourth-order valence-electron chi connectivity index (χ4n) is 3.99. The maximum absolute atomic E-state index is 10.9. The van der Waals surface area contributed by atoms with E-state index in [9.17, 15) is 10.2 Å². The summed E-state index contributed by atoms with van der Waals surface area (Å²) in [5.41, 5.74) is 3.05. The summed E-state index contributed by atoms with van der Waals surface area (Å²) in [6, 6.07) is 29.5. The van der Waals surface area contributed by atoms with Gasteiger partial charge in [-0.25, -0.2) is 0 Å². The van der Waals surface area contributed by atoms with Crippen molar-refractivity contribution in [2.75, 3.05) is 0 Å². The zero-order valence-corrected chi connectivity index (χ0v) is 18.0. The summed E-state index contributed by atoms with van der Waals surface area (Å²) < 4.78 is 18.3. The molecule has 0 aliphatic heterocycles. The van der Waals surface area contributed by atoms with Crippen molar-refractivity contribution in [1.82, 2.24) is 0 Å². The van der Waals surface area contributed by atoms with Gasteiger partial charge in [-0.15, -0.1) is 0 Å². The highest BCUT2D eigenvalue weighted by Crippen LogP contribution is 2.29. The van der Waals surface area contributed by atoms with E-state index in [4.69, 9.17) is 14.2 Å². The van der Waals surface area contributed by atoms with Crippen molar-refractivity contribution in [1.29, 1.82) is 0 Å². The van der Waals surface area contributed by atoms with Gasteiger partial charge in [-0.2, -0.15) is 0 Å². The molecule has 1 aliphatic carbocycles. The molecule has 3 aromatic rings. The van der Waals surface area contributed by atoms with Crippen LogP contribution in [0.25, 0.3) is 0 Å². The van der Waals surface area contributed by atoms with Gasteiger partial charge in [0.05, 0.1) is 32.0 Å². The minimum absolute atomic E-state index is 0.329. The largest absolute Gasteiger partial charge is 0.388 e. The highest BCUT2D eigenvalue weighted by molar-refractivity contribution is 5.15. The number of ether oxygens (including phenoxy) is 3. The second kappa shape index (κ2) is 11.4. The van der Waals surface area contributed by atoms with Crippen LogP contribution in [0.4, 0.5) is 0 Å². The van der Waals surface area contributed by atoms with E-state index in [1.54, 1.807) is 0 Å². The van der Waals surface area contributed by atoms with E-state index in [0.29, 0.717) is 26.2 Å². The molecule has 168 valence electrons. The predicted octanol–water partition coefficient (Wildman–Crippen LogP) is 3.87. The number of hydrogen-bond donors (Lipinski definition) is 2. The number of aliphatic hydroxyl groups excluding tert-OH is 2. The summed E-state index contributed by atoms with van der Waals surface area (Å²) in [5, 5.41) is 21.7. The molecule has 3 aromatic carbocycles. The Morgan fingerprint density at radius 3 is 1.41 bits per heavy atom. The molecule has 0 bridgehead atoms. The molecule has 1 fully saturated rings. The quantitative estimate of drug-likeness (QED) is 0.535. The van der Waals surface area contributed by atoms with Crippen LogP contribution in [0.1, 0.15) is 23.1 Å². The summed E-state index contributed by atoms with van der Waals surface area (Å²) in [5.74, 6) is 0. The van der Waals surface area contributed by atoms with E-state index in [0.717, 1.165) is 16.7 Å². The SMILES string of the molecule is O[C@@H]1[C@H](O)[C@@H](OCc2ccccc2)[C@@H](OCc2ccccc2)C[C@H]1OCc1ccccc1. The number of aliphatic hydroxyl groups is 2. The smallest absolute Gasteiger partial charge is 0.113 e. The summed E-state index contributed by atoms with van der Waals surface area (Å²) in [4.78, 5) is 0.